The molecule has 0 nitrogen and oxygen atoms in total. The van der Waals surface area contributed by atoms with Gasteiger partial charge in [0.05, 0.1) is 4.47 Å². The van der Waals surface area contributed by atoms with Crippen LogP contribution in [0.15, 0.2) is 22.7 Å². The monoisotopic (exact) mass is 348 g/mol. The molecule has 1 aromatic rings. The molecule has 3 atom stereocenters. The molecule has 1 aliphatic rings. The molecule has 1 aliphatic carbocycles. The van der Waals surface area contributed by atoms with Crippen LogP contribution in [0.3, 0.4) is 0 Å². The third-order valence-electron chi connectivity index (χ3n) is 3.57. The minimum atomic E-state index is -0.192. The Labute approximate surface area is 113 Å². The van der Waals surface area contributed by atoms with Crippen molar-refractivity contribution < 1.29 is 4.39 Å². The molecule has 0 bridgehead atoms. The van der Waals surface area contributed by atoms with Crippen molar-refractivity contribution in [3.63, 3.8) is 0 Å². The Kier molecular flexibility index (Phi) is 4.06. The van der Waals surface area contributed by atoms with E-state index >= 15 is 0 Å². The molecule has 2 rings (SSSR count). The van der Waals surface area contributed by atoms with Crippen molar-refractivity contribution >= 4 is 31.9 Å². The number of hydrogen-bond acceptors (Lipinski definition) is 0. The first-order valence-electron chi connectivity index (χ1n) is 5.68. The van der Waals surface area contributed by atoms with Gasteiger partial charge in [-0.05, 0) is 51.9 Å². The van der Waals surface area contributed by atoms with Crippen molar-refractivity contribution in [1.82, 2.24) is 0 Å². The van der Waals surface area contributed by atoms with E-state index in [0.717, 1.165) is 5.92 Å². The van der Waals surface area contributed by atoms with Gasteiger partial charge in [-0.3, -0.25) is 0 Å². The Hall–Kier alpha value is 0.110. The van der Waals surface area contributed by atoms with Crippen molar-refractivity contribution in [3.8, 4) is 0 Å². The summed E-state index contributed by atoms with van der Waals surface area (Å²) in [5.41, 5.74) is 1.17. The van der Waals surface area contributed by atoms with E-state index in [0.29, 0.717) is 15.2 Å². The molecule has 1 saturated carbocycles. The molecule has 0 heterocycles. The van der Waals surface area contributed by atoms with Crippen LogP contribution in [0.1, 0.15) is 36.6 Å². The molecule has 16 heavy (non-hydrogen) atoms. The minimum Gasteiger partial charge on any atom is -0.206 e. The molecule has 0 amide bonds. The lowest BCUT2D eigenvalue weighted by atomic mass is 9.91. The van der Waals surface area contributed by atoms with Crippen LogP contribution in [0.4, 0.5) is 4.39 Å². The number of hydrogen-bond donors (Lipinski definition) is 0. The number of alkyl halides is 1. The molecule has 0 aliphatic heterocycles. The SMILES string of the molecule is CC1CCCC1C(Br)c1ccc(F)c(Br)c1. The summed E-state index contributed by atoms with van der Waals surface area (Å²) in [7, 11) is 0. The fourth-order valence-electron chi connectivity index (χ4n) is 2.54. The van der Waals surface area contributed by atoms with Gasteiger partial charge in [-0.25, -0.2) is 4.39 Å². The third-order valence-corrected chi connectivity index (χ3v) is 5.38. The summed E-state index contributed by atoms with van der Waals surface area (Å²) in [4.78, 5) is 0.349. The molecular formula is C13H15Br2F. The Balaban J connectivity index is 2.20. The molecule has 0 saturated heterocycles. The highest BCUT2D eigenvalue weighted by atomic mass is 79.9. The van der Waals surface area contributed by atoms with E-state index in [4.69, 9.17) is 0 Å². The maximum absolute atomic E-state index is 13.2. The van der Waals surface area contributed by atoms with Gasteiger partial charge < -0.3 is 0 Å². The zero-order valence-electron chi connectivity index (χ0n) is 9.22. The average Bonchev–Trinajstić information content (AvgIpc) is 2.67. The maximum Gasteiger partial charge on any atom is 0.137 e. The van der Waals surface area contributed by atoms with Gasteiger partial charge in [0.2, 0.25) is 0 Å². The fourth-order valence-corrected chi connectivity index (χ4v) is 4.01. The van der Waals surface area contributed by atoms with Crippen LogP contribution in [0.25, 0.3) is 0 Å². The van der Waals surface area contributed by atoms with Crippen LogP contribution in [-0.2, 0) is 0 Å². The lowest BCUT2D eigenvalue weighted by Gasteiger charge is -2.22. The summed E-state index contributed by atoms with van der Waals surface area (Å²) in [6.07, 6.45) is 3.90. The lowest BCUT2D eigenvalue weighted by molar-refractivity contribution is 0.414. The van der Waals surface area contributed by atoms with Crippen LogP contribution < -0.4 is 0 Å². The molecule has 0 radical (unpaired) electrons. The fraction of sp³-hybridized carbons (Fsp3) is 0.538. The van der Waals surface area contributed by atoms with Gasteiger partial charge in [0.15, 0.2) is 0 Å². The predicted octanol–water partition coefficient (Wildman–Crippen LogP) is 5.46. The molecule has 0 N–H and O–H groups in total. The van der Waals surface area contributed by atoms with E-state index in [2.05, 4.69) is 38.8 Å². The zero-order valence-corrected chi connectivity index (χ0v) is 12.4. The van der Waals surface area contributed by atoms with E-state index in [1.165, 1.54) is 30.9 Å². The maximum atomic E-state index is 13.2. The first kappa shape index (κ1) is 12.6. The summed E-state index contributed by atoms with van der Waals surface area (Å²) in [6, 6.07) is 5.30. The lowest BCUT2D eigenvalue weighted by Crippen LogP contribution is -2.10. The molecule has 1 aromatic carbocycles. The van der Waals surface area contributed by atoms with Gasteiger partial charge in [-0.1, -0.05) is 41.8 Å². The Bertz CT molecular complexity index is 378. The van der Waals surface area contributed by atoms with E-state index < -0.39 is 0 Å². The highest BCUT2D eigenvalue weighted by molar-refractivity contribution is 9.10. The summed E-state index contributed by atoms with van der Waals surface area (Å²) in [5, 5.41) is 0. The van der Waals surface area contributed by atoms with E-state index in [1.807, 2.05) is 12.1 Å². The van der Waals surface area contributed by atoms with Gasteiger partial charge in [0.25, 0.3) is 0 Å². The third kappa shape index (κ3) is 2.51. The second-order valence-electron chi connectivity index (χ2n) is 4.65. The van der Waals surface area contributed by atoms with Crippen molar-refractivity contribution in [3.05, 3.63) is 34.1 Å². The Morgan fingerprint density at radius 2 is 2.12 bits per heavy atom. The van der Waals surface area contributed by atoms with Crippen LogP contribution in [0.5, 0.6) is 0 Å². The van der Waals surface area contributed by atoms with Gasteiger partial charge >= 0.3 is 0 Å². The smallest absolute Gasteiger partial charge is 0.137 e. The highest BCUT2D eigenvalue weighted by Crippen LogP contribution is 2.45. The predicted molar refractivity (Wildman–Crippen MR) is 72.3 cm³/mol. The molecule has 0 aromatic heterocycles. The van der Waals surface area contributed by atoms with E-state index in [1.54, 1.807) is 0 Å². The zero-order chi connectivity index (χ0) is 11.7. The number of rotatable bonds is 2. The van der Waals surface area contributed by atoms with E-state index in [9.17, 15) is 4.39 Å². The molecule has 88 valence electrons. The van der Waals surface area contributed by atoms with Crippen LogP contribution >= 0.6 is 31.9 Å². The van der Waals surface area contributed by atoms with Crippen LogP contribution in [0, 0.1) is 17.7 Å². The second-order valence-corrected chi connectivity index (χ2v) is 6.49. The molecule has 0 spiro atoms. The van der Waals surface area contributed by atoms with E-state index in [-0.39, 0.29) is 5.82 Å². The van der Waals surface area contributed by atoms with Crippen molar-refractivity contribution in [1.29, 1.82) is 0 Å². The van der Waals surface area contributed by atoms with Crippen LogP contribution in [-0.4, -0.2) is 0 Å². The number of halogens is 3. The molecular weight excluding hydrogens is 335 g/mol. The summed E-state index contributed by atoms with van der Waals surface area (Å²) in [5.74, 6) is 1.24. The number of benzene rings is 1. The normalized spacial score (nSPS) is 27.0. The highest BCUT2D eigenvalue weighted by Gasteiger charge is 2.30. The molecule has 3 unspecified atom stereocenters. The molecule has 3 heteroatoms. The Morgan fingerprint density at radius 1 is 1.38 bits per heavy atom. The summed E-state index contributed by atoms with van der Waals surface area (Å²) >= 11 is 7.01. The summed E-state index contributed by atoms with van der Waals surface area (Å²) in [6.45, 7) is 2.31. The minimum absolute atomic E-state index is 0.192. The first-order valence-corrected chi connectivity index (χ1v) is 7.39. The van der Waals surface area contributed by atoms with Gasteiger partial charge in [0.1, 0.15) is 5.82 Å². The van der Waals surface area contributed by atoms with Crippen LogP contribution in [0.2, 0.25) is 0 Å². The average molecular weight is 350 g/mol. The standard InChI is InChI=1S/C13H15Br2F/c1-8-3-2-4-10(8)13(15)9-5-6-12(16)11(14)7-9/h5-8,10,13H,2-4H2,1H3. The topological polar surface area (TPSA) is 0 Å². The molecule has 1 fully saturated rings. The largest absolute Gasteiger partial charge is 0.206 e. The quantitative estimate of drug-likeness (QED) is 0.622. The van der Waals surface area contributed by atoms with Gasteiger partial charge in [0, 0.05) is 4.83 Å². The second kappa shape index (κ2) is 5.18. The summed E-state index contributed by atoms with van der Waals surface area (Å²) < 4.78 is 13.7. The van der Waals surface area contributed by atoms with Crippen molar-refractivity contribution in [2.75, 3.05) is 0 Å². The van der Waals surface area contributed by atoms with Crippen molar-refractivity contribution in [2.24, 2.45) is 11.8 Å². The van der Waals surface area contributed by atoms with Crippen molar-refractivity contribution in [2.45, 2.75) is 31.0 Å². The van der Waals surface area contributed by atoms with Gasteiger partial charge in [-0.2, -0.15) is 0 Å². The van der Waals surface area contributed by atoms with Gasteiger partial charge in [-0.15, -0.1) is 0 Å². The first-order chi connectivity index (χ1) is 7.59. The Morgan fingerprint density at radius 3 is 2.69 bits per heavy atom.